The van der Waals surface area contributed by atoms with Crippen molar-refractivity contribution in [2.45, 2.75) is 70.9 Å². The summed E-state index contributed by atoms with van der Waals surface area (Å²) in [6, 6.07) is 6.87. The average Bonchev–Trinajstić information content (AvgIpc) is 3.29. The highest BCUT2D eigenvalue weighted by Crippen LogP contribution is 2.38. The molecule has 0 spiro atoms. The van der Waals surface area contributed by atoms with E-state index in [9.17, 15) is 4.79 Å². The van der Waals surface area contributed by atoms with Gasteiger partial charge in [0, 0.05) is 44.4 Å². The molecule has 3 aromatic rings. The molecule has 2 aromatic heterocycles. The largest absolute Gasteiger partial charge is 0.381 e. The van der Waals surface area contributed by atoms with E-state index in [1.54, 1.807) is 7.11 Å². The Kier molecular flexibility index (Phi) is 5.53. The number of aryl methyl sites for hydroxylation is 2. The number of carbonyl (C=O) groups is 1. The number of fused-ring (bicyclic) bond motifs is 1. The second-order valence-electron chi connectivity index (χ2n) is 9.32. The lowest BCUT2D eigenvalue weighted by molar-refractivity contribution is -0.119. The number of nitrogens with zero attached hydrogens (tertiary/aromatic N) is 5. The number of rotatable bonds is 4. The Hall–Kier alpha value is -2.67. The summed E-state index contributed by atoms with van der Waals surface area (Å²) in [7, 11) is 3.79. The Labute approximate surface area is 189 Å². The topological polar surface area (TPSA) is 65.2 Å². The van der Waals surface area contributed by atoms with Crippen LogP contribution in [0.2, 0.25) is 0 Å². The van der Waals surface area contributed by atoms with Gasteiger partial charge in [0.1, 0.15) is 0 Å². The fourth-order valence-electron chi connectivity index (χ4n) is 5.54. The van der Waals surface area contributed by atoms with Crippen molar-refractivity contribution in [1.82, 2.24) is 19.3 Å². The van der Waals surface area contributed by atoms with Gasteiger partial charge in [0.15, 0.2) is 0 Å². The lowest BCUT2D eigenvalue weighted by atomic mass is 9.92. The minimum atomic E-state index is 0.192. The zero-order chi connectivity index (χ0) is 22.4. The molecule has 170 valence electrons. The molecule has 1 saturated carbocycles. The number of imidazole rings is 1. The molecule has 0 N–H and O–H groups in total. The van der Waals surface area contributed by atoms with Crippen LogP contribution in [0, 0.1) is 13.8 Å². The summed E-state index contributed by atoms with van der Waals surface area (Å²) in [5.41, 5.74) is 6.53. The molecule has 1 aliphatic carbocycles. The Bertz CT molecular complexity index is 1150. The minimum absolute atomic E-state index is 0.192. The third-order valence-corrected chi connectivity index (χ3v) is 7.38. The van der Waals surface area contributed by atoms with Gasteiger partial charge in [0.25, 0.3) is 0 Å². The quantitative estimate of drug-likeness (QED) is 0.596. The SMILES string of the molecule is COC1CCC(n2c(N3CCCCC3=O)nc3cc(-c4c(C)nn(C)c4C)ccc32)CC1. The van der Waals surface area contributed by atoms with Crippen LogP contribution in [0.5, 0.6) is 0 Å². The third-order valence-electron chi connectivity index (χ3n) is 7.38. The van der Waals surface area contributed by atoms with Crippen LogP contribution in [0.25, 0.3) is 22.2 Å². The molecular weight excluding hydrogens is 402 g/mol. The van der Waals surface area contributed by atoms with E-state index in [0.717, 1.165) is 79.0 Å². The Morgan fingerprint density at radius 1 is 1.09 bits per heavy atom. The van der Waals surface area contributed by atoms with Gasteiger partial charge in [-0.1, -0.05) is 6.07 Å². The van der Waals surface area contributed by atoms with E-state index in [4.69, 9.17) is 9.72 Å². The van der Waals surface area contributed by atoms with E-state index < -0.39 is 0 Å². The number of anilines is 1. The first kappa shape index (κ1) is 21.2. The third kappa shape index (κ3) is 3.52. The van der Waals surface area contributed by atoms with Gasteiger partial charge >= 0.3 is 0 Å². The van der Waals surface area contributed by atoms with Crippen LogP contribution < -0.4 is 4.90 Å². The number of piperidine rings is 1. The lowest BCUT2D eigenvalue weighted by Crippen LogP contribution is -2.38. The van der Waals surface area contributed by atoms with Gasteiger partial charge in [-0.25, -0.2) is 4.98 Å². The number of carbonyl (C=O) groups excluding carboxylic acids is 1. The summed E-state index contributed by atoms with van der Waals surface area (Å²) in [4.78, 5) is 19.8. The highest BCUT2D eigenvalue weighted by Gasteiger charge is 2.31. The molecule has 1 aromatic carbocycles. The molecular formula is C25H33N5O2. The van der Waals surface area contributed by atoms with E-state index in [-0.39, 0.29) is 5.91 Å². The predicted octanol–water partition coefficient (Wildman–Crippen LogP) is 4.70. The van der Waals surface area contributed by atoms with Crippen molar-refractivity contribution in [3.05, 3.63) is 29.6 Å². The van der Waals surface area contributed by atoms with E-state index in [2.05, 4.69) is 41.7 Å². The van der Waals surface area contributed by atoms with Crippen LogP contribution in [0.4, 0.5) is 5.95 Å². The predicted molar refractivity (Wildman–Crippen MR) is 126 cm³/mol. The number of aromatic nitrogens is 4. The van der Waals surface area contributed by atoms with Gasteiger partial charge in [0.2, 0.25) is 11.9 Å². The summed E-state index contributed by atoms with van der Waals surface area (Å²) in [6.07, 6.45) is 7.12. The van der Waals surface area contributed by atoms with Crippen molar-refractivity contribution >= 4 is 22.9 Å². The highest BCUT2D eigenvalue weighted by molar-refractivity contribution is 5.95. The van der Waals surface area contributed by atoms with E-state index in [1.807, 2.05) is 16.6 Å². The molecule has 1 saturated heterocycles. The zero-order valence-corrected chi connectivity index (χ0v) is 19.6. The van der Waals surface area contributed by atoms with Crippen molar-refractivity contribution in [3.63, 3.8) is 0 Å². The van der Waals surface area contributed by atoms with Gasteiger partial charge in [-0.3, -0.25) is 14.4 Å². The minimum Gasteiger partial charge on any atom is -0.381 e. The second kappa shape index (κ2) is 8.35. The van der Waals surface area contributed by atoms with Crippen molar-refractivity contribution in [1.29, 1.82) is 0 Å². The average molecular weight is 436 g/mol. The van der Waals surface area contributed by atoms with E-state index in [1.165, 1.54) is 5.56 Å². The number of hydrogen-bond donors (Lipinski definition) is 0. The van der Waals surface area contributed by atoms with Crippen LogP contribution in [0.15, 0.2) is 18.2 Å². The number of benzene rings is 1. The first-order valence-corrected chi connectivity index (χ1v) is 11.8. The molecule has 5 rings (SSSR count). The standard InChI is InChI=1S/C25H33N5O2/c1-16-24(17(2)28(3)27-16)18-8-13-22-21(15-18)26-25(29-14-6-5-7-23(29)31)30(22)19-9-11-20(32-4)12-10-19/h8,13,15,19-20H,5-7,9-12,14H2,1-4H3. The van der Waals surface area contributed by atoms with Crippen molar-refractivity contribution in [2.24, 2.45) is 7.05 Å². The smallest absolute Gasteiger partial charge is 0.229 e. The highest BCUT2D eigenvalue weighted by atomic mass is 16.5. The Morgan fingerprint density at radius 2 is 1.88 bits per heavy atom. The van der Waals surface area contributed by atoms with Crippen LogP contribution in [0.1, 0.15) is 62.4 Å². The maximum absolute atomic E-state index is 12.8. The first-order valence-electron chi connectivity index (χ1n) is 11.8. The van der Waals surface area contributed by atoms with Gasteiger partial charge in [-0.05, 0) is 70.1 Å². The molecule has 2 fully saturated rings. The van der Waals surface area contributed by atoms with Crippen LogP contribution in [0.3, 0.4) is 0 Å². The van der Waals surface area contributed by atoms with E-state index in [0.29, 0.717) is 18.6 Å². The molecule has 0 radical (unpaired) electrons. The fourth-order valence-corrected chi connectivity index (χ4v) is 5.54. The molecule has 0 unspecified atom stereocenters. The number of amides is 1. The molecule has 3 heterocycles. The molecule has 1 aliphatic heterocycles. The summed E-state index contributed by atoms with van der Waals surface area (Å²) in [5, 5.41) is 4.59. The summed E-state index contributed by atoms with van der Waals surface area (Å²) < 4.78 is 9.87. The van der Waals surface area contributed by atoms with Crippen LogP contribution >= 0.6 is 0 Å². The van der Waals surface area contributed by atoms with Crippen LogP contribution in [-0.4, -0.2) is 45.0 Å². The molecule has 0 atom stereocenters. The normalized spacial score (nSPS) is 22.1. The number of hydrogen-bond acceptors (Lipinski definition) is 4. The number of methoxy groups -OCH3 is 1. The Balaban J connectivity index is 1.62. The first-order chi connectivity index (χ1) is 15.5. The van der Waals surface area contributed by atoms with E-state index >= 15 is 0 Å². The molecule has 7 nitrogen and oxygen atoms in total. The Morgan fingerprint density at radius 3 is 2.53 bits per heavy atom. The van der Waals surface area contributed by atoms with Crippen LogP contribution in [-0.2, 0) is 16.6 Å². The molecule has 1 amide bonds. The lowest BCUT2D eigenvalue weighted by Gasteiger charge is -2.33. The zero-order valence-electron chi connectivity index (χ0n) is 19.6. The molecule has 0 bridgehead atoms. The maximum atomic E-state index is 12.8. The van der Waals surface area contributed by atoms with Crippen molar-refractivity contribution in [2.75, 3.05) is 18.6 Å². The second-order valence-corrected chi connectivity index (χ2v) is 9.32. The van der Waals surface area contributed by atoms with Gasteiger partial charge in [-0.2, -0.15) is 5.10 Å². The molecule has 7 heteroatoms. The molecule has 32 heavy (non-hydrogen) atoms. The maximum Gasteiger partial charge on any atom is 0.229 e. The molecule has 2 aliphatic rings. The van der Waals surface area contributed by atoms with Crippen molar-refractivity contribution in [3.8, 4) is 11.1 Å². The summed E-state index contributed by atoms with van der Waals surface area (Å²) in [5.74, 6) is 1.01. The summed E-state index contributed by atoms with van der Waals surface area (Å²) >= 11 is 0. The van der Waals surface area contributed by atoms with Gasteiger partial charge in [-0.15, -0.1) is 0 Å². The van der Waals surface area contributed by atoms with Crippen molar-refractivity contribution < 1.29 is 9.53 Å². The summed E-state index contributed by atoms with van der Waals surface area (Å²) in [6.45, 7) is 4.91. The van der Waals surface area contributed by atoms with Gasteiger partial charge < -0.3 is 9.30 Å². The number of ether oxygens (including phenoxy) is 1. The fraction of sp³-hybridized carbons (Fsp3) is 0.560. The van der Waals surface area contributed by atoms with Gasteiger partial charge in [0.05, 0.1) is 22.8 Å². The monoisotopic (exact) mass is 435 g/mol.